The Balaban J connectivity index is 0.00000225. The molecule has 5 nitrogen and oxygen atoms in total. The third kappa shape index (κ3) is 4.72. The Hall–Kier alpha value is -2.08. The molecule has 3 rings (SSSR count). The molecule has 2 aromatic carbocycles. The van der Waals surface area contributed by atoms with Gasteiger partial charge in [0.1, 0.15) is 11.5 Å². The molecular formula is C19H23ClN2O3. The quantitative estimate of drug-likeness (QED) is 0.761. The molecule has 0 aromatic heterocycles. The largest absolute Gasteiger partial charge is 0.508 e. The van der Waals surface area contributed by atoms with E-state index >= 15 is 0 Å². The highest BCUT2D eigenvalue weighted by Crippen LogP contribution is 2.28. The Kier molecular flexibility index (Phi) is 6.82. The summed E-state index contributed by atoms with van der Waals surface area (Å²) in [7, 11) is 0. The lowest BCUT2D eigenvalue weighted by Gasteiger charge is -2.34. The Morgan fingerprint density at radius 1 is 1.08 bits per heavy atom. The summed E-state index contributed by atoms with van der Waals surface area (Å²) in [6.45, 7) is 3.35. The van der Waals surface area contributed by atoms with Crippen LogP contribution in [0, 0.1) is 0 Å². The first-order valence-electron chi connectivity index (χ1n) is 8.18. The van der Waals surface area contributed by atoms with E-state index in [4.69, 9.17) is 0 Å². The van der Waals surface area contributed by atoms with Crippen molar-refractivity contribution in [3.8, 4) is 11.5 Å². The molecule has 0 aliphatic carbocycles. The molecule has 0 amide bonds. The first kappa shape index (κ1) is 19.2. The zero-order valence-corrected chi connectivity index (χ0v) is 14.7. The summed E-state index contributed by atoms with van der Waals surface area (Å²) in [4.78, 5) is 15.2. The Morgan fingerprint density at radius 2 is 1.76 bits per heavy atom. The minimum Gasteiger partial charge on any atom is -0.508 e. The van der Waals surface area contributed by atoms with Crippen LogP contribution in [0.3, 0.4) is 0 Å². The number of carbonyl (C=O) groups excluding carboxylic acids is 1. The molecule has 1 saturated heterocycles. The van der Waals surface area contributed by atoms with Crippen LogP contribution in [0.1, 0.15) is 17.2 Å². The van der Waals surface area contributed by atoms with Crippen molar-refractivity contribution in [2.45, 2.75) is 12.5 Å². The second-order valence-corrected chi connectivity index (χ2v) is 6.06. The van der Waals surface area contributed by atoms with Crippen LogP contribution in [-0.2, 0) is 11.2 Å². The SMILES string of the molecule is Cl.O=C(Cc1ccc(O)cc1O)C(c1ccccc1)N1CCNCC1. The predicted octanol–water partition coefficient (Wildman–Crippen LogP) is 2.28. The fraction of sp³-hybridized carbons (Fsp3) is 0.316. The van der Waals surface area contributed by atoms with E-state index in [-0.39, 0.29) is 42.2 Å². The number of Topliss-reactive ketones (excluding diaryl/α,β-unsaturated/α-hetero) is 1. The number of carbonyl (C=O) groups is 1. The van der Waals surface area contributed by atoms with E-state index in [9.17, 15) is 15.0 Å². The molecule has 1 fully saturated rings. The number of hydrogen-bond acceptors (Lipinski definition) is 5. The summed E-state index contributed by atoms with van der Waals surface area (Å²) >= 11 is 0. The van der Waals surface area contributed by atoms with Crippen molar-refractivity contribution in [1.82, 2.24) is 10.2 Å². The number of nitrogens with one attached hydrogen (secondary N) is 1. The Morgan fingerprint density at radius 3 is 2.40 bits per heavy atom. The number of halogens is 1. The highest BCUT2D eigenvalue weighted by molar-refractivity contribution is 5.87. The highest BCUT2D eigenvalue weighted by atomic mass is 35.5. The summed E-state index contributed by atoms with van der Waals surface area (Å²) in [6.07, 6.45) is 0.135. The molecule has 25 heavy (non-hydrogen) atoms. The fourth-order valence-electron chi connectivity index (χ4n) is 3.16. The van der Waals surface area contributed by atoms with Gasteiger partial charge in [-0.3, -0.25) is 9.69 Å². The molecule has 1 unspecified atom stereocenters. The van der Waals surface area contributed by atoms with Crippen molar-refractivity contribution in [2.24, 2.45) is 0 Å². The smallest absolute Gasteiger partial charge is 0.158 e. The molecule has 1 aliphatic rings. The molecule has 3 N–H and O–H groups in total. The number of aromatic hydroxyl groups is 2. The van der Waals surface area contributed by atoms with Gasteiger partial charge in [0.15, 0.2) is 5.78 Å². The Labute approximate surface area is 153 Å². The topological polar surface area (TPSA) is 72.8 Å². The van der Waals surface area contributed by atoms with Crippen molar-refractivity contribution in [3.05, 3.63) is 59.7 Å². The molecule has 0 radical (unpaired) electrons. The van der Waals surface area contributed by atoms with Crippen LogP contribution in [0.2, 0.25) is 0 Å². The first-order chi connectivity index (χ1) is 11.6. The van der Waals surface area contributed by atoms with Crippen LogP contribution >= 0.6 is 12.4 Å². The summed E-state index contributed by atoms with van der Waals surface area (Å²) in [6, 6.07) is 13.8. The first-order valence-corrected chi connectivity index (χ1v) is 8.18. The molecule has 134 valence electrons. The second kappa shape index (κ2) is 8.85. The van der Waals surface area contributed by atoms with Gasteiger partial charge in [0.25, 0.3) is 0 Å². The van der Waals surface area contributed by atoms with Crippen LogP contribution in [0.5, 0.6) is 11.5 Å². The average Bonchev–Trinajstić information content (AvgIpc) is 2.60. The predicted molar refractivity (Wildman–Crippen MR) is 99.4 cm³/mol. The van der Waals surface area contributed by atoms with E-state index in [0.717, 1.165) is 31.7 Å². The number of hydrogen-bond donors (Lipinski definition) is 3. The number of piperazine rings is 1. The summed E-state index contributed by atoms with van der Waals surface area (Å²) in [5.41, 5.74) is 1.51. The number of nitrogens with zero attached hydrogens (tertiary/aromatic N) is 1. The normalized spacial score (nSPS) is 16.0. The van der Waals surface area contributed by atoms with Gasteiger partial charge in [0, 0.05) is 44.2 Å². The van der Waals surface area contributed by atoms with E-state index in [1.807, 2.05) is 30.3 Å². The van der Waals surface area contributed by atoms with Gasteiger partial charge in [-0.2, -0.15) is 0 Å². The summed E-state index contributed by atoms with van der Waals surface area (Å²) in [5.74, 6) is -0.00928. The van der Waals surface area contributed by atoms with Crippen LogP contribution in [0.4, 0.5) is 0 Å². The molecule has 6 heteroatoms. The number of phenols is 2. The molecule has 1 aliphatic heterocycles. The molecule has 2 aromatic rings. The van der Waals surface area contributed by atoms with Crippen LogP contribution < -0.4 is 5.32 Å². The lowest BCUT2D eigenvalue weighted by Crippen LogP contribution is -2.47. The Bertz CT molecular complexity index is 703. The van der Waals surface area contributed by atoms with Crippen LogP contribution in [0.15, 0.2) is 48.5 Å². The maximum atomic E-state index is 13.0. The van der Waals surface area contributed by atoms with Gasteiger partial charge in [-0.15, -0.1) is 12.4 Å². The van der Waals surface area contributed by atoms with Crippen molar-refractivity contribution in [3.63, 3.8) is 0 Å². The summed E-state index contributed by atoms with van der Waals surface area (Å²) in [5, 5.41) is 22.7. The summed E-state index contributed by atoms with van der Waals surface area (Å²) < 4.78 is 0. The monoisotopic (exact) mass is 362 g/mol. The fourth-order valence-corrected chi connectivity index (χ4v) is 3.16. The molecule has 1 heterocycles. The van der Waals surface area contributed by atoms with Crippen LogP contribution in [0.25, 0.3) is 0 Å². The third-order valence-corrected chi connectivity index (χ3v) is 4.37. The van der Waals surface area contributed by atoms with Gasteiger partial charge in [0.05, 0.1) is 6.04 Å². The lowest BCUT2D eigenvalue weighted by molar-refractivity contribution is -0.124. The lowest BCUT2D eigenvalue weighted by atomic mass is 9.95. The maximum Gasteiger partial charge on any atom is 0.158 e. The maximum absolute atomic E-state index is 13.0. The van der Waals surface area contributed by atoms with E-state index in [1.165, 1.54) is 12.1 Å². The van der Waals surface area contributed by atoms with Gasteiger partial charge in [-0.05, 0) is 11.6 Å². The van der Waals surface area contributed by atoms with Gasteiger partial charge >= 0.3 is 0 Å². The van der Waals surface area contributed by atoms with E-state index in [1.54, 1.807) is 6.07 Å². The molecular weight excluding hydrogens is 340 g/mol. The zero-order chi connectivity index (χ0) is 16.9. The molecule has 1 atom stereocenters. The van der Waals surface area contributed by atoms with Gasteiger partial charge in [0.2, 0.25) is 0 Å². The standard InChI is InChI=1S/C19H22N2O3.ClH/c22-16-7-6-15(17(23)13-16)12-18(24)19(14-4-2-1-3-5-14)21-10-8-20-9-11-21;/h1-7,13,19-20,22-23H,8-12H2;1H. The third-order valence-electron chi connectivity index (χ3n) is 4.37. The zero-order valence-electron chi connectivity index (χ0n) is 13.9. The van der Waals surface area contributed by atoms with Crippen molar-refractivity contribution >= 4 is 18.2 Å². The molecule has 0 spiro atoms. The van der Waals surface area contributed by atoms with E-state index < -0.39 is 0 Å². The van der Waals surface area contributed by atoms with Crippen LogP contribution in [-0.4, -0.2) is 47.1 Å². The number of rotatable bonds is 5. The van der Waals surface area contributed by atoms with Gasteiger partial charge in [-0.1, -0.05) is 36.4 Å². The minimum atomic E-state index is -0.318. The van der Waals surface area contributed by atoms with Gasteiger partial charge < -0.3 is 15.5 Å². The average molecular weight is 363 g/mol. The number of benzene rings is 2. The second-order valence-electron chi connectivity index (χ2n) is 6.06. The molecule has 0 saturated carbocycles. The number of ketones is 1. The number of phenolic OH excluding ortho intramolecular Hbond substituents is 2. The van der Waals surface area contributed by atoms with Crippen molar-refractivity contribution in [1.29, 1.82) is 0 Å². The van der Waals surface area contributed by atoms with E-state index in [0.29, 0.717) is 5.56 Å². The van der Waals surface area contributed by atoms with Crippen molar-refractivity contribution in [2.75, 3.05) is 26.2 Å². The highest BCUT2D eigenvalue weighted by Gasteiger charge is 2.28. The van der Waals surface area contributed by atoms with Crippen molar-refractivity contribution < 1.29 is 15.0 Å². The van der Waals surface area contributed by atoms with E-state index in [2.05, 4.69) is 10.2 Å². The molecule has 0 bridgehead atoms. The van der Waals surface area contributed by atoms with Gasteiger partial charge in [-0.25, -0.2) is 0 Å². The minimum absolute atomic E-state index is 0.